The third-order valence-electron chi connectivity index (χ3n) is 5.78. The predicted octanol–water partition coefficient (Wildman–Crippen LogP) is 2.86. The van der Waals surface area contributed by atoms with Crippen molar-refractivity contribution in [1.82, 2.24) is 10.2 Å². The van der Waals surface area contributed by atoms with E-state index >= 15 is 0 Å². The lowest BCUT2D eigenvalue weighted by molar-refractivity contribution is -0.121. The van der Waals surface area contributed by atoms with Crippen LogP contribution in [0.25, 0.3) is 0 Å². The van der Waals surface area contributed by atoms with Crippen LogP contribution in [-0.4, -0.2) is 57.0 Å². The zero-order valence-electron chi connectivity index (χ0n) is 18.9. The van der Waals surface area contributed by atoms with Crippen LogP contribution in [0.2, 0.25) is 0 Å². The lowest BCUT2D eigenvalue weighted by Gasteiger charge is -2.32. The topological polar surface area (TPSA) is 97.0 Å². The fraction of sp³-hybridized carbons (Fsp3) is 0.375. The number of piperidine rings is 1. The van der Waals surface area contributed by atoms with Crippen molar-refractivity contribution in [2.45, 2.75) is 19.8 Å². The third kappa shape index (κ3) is 5.01. The Hall–Kier alpha value is -3.55. The Balaban J connectivity index is 1.63. The van der Waals surface area contributed by atoms with Gasteiger partial charge in [-0.05, 0) is 49.6 Å². The minimum atomic E-state index is -0.208. The van der Waals surface area contributed by atoms with Crippen molar-refractivity contribution >= 4 is 23.4 Å². The van der Waals surface area contributed by atoms with Crippen LogP contribution in [0.1, 0.15) is 39.1 Å². The number of methoxy groups -OCH3 is 2. The Kier molecular flexibility index (Phi) is 7.35. The standard InChI is InChI=1S/C24H29N3O5/c1-15-5-6-17(22(28)25-2)13-20(15)26-23(29)16-9-11-27(12-10-16)24(30)19-8-7-18(31-3)14-21(19)32-4/h5-8,13-14,16H,9-12H2,1-4H3,(H,25,28)(H,26,29). The predicted molar refractivity (Wildman–Crippen MR) is 121 cm³/mol. The molecular weight excluding hydrogens is 410 g/mol. The van der Waals surface area contributed by atoms with Gasteiger partial charge < -0.3 is 25.0 Å². The maximum atomic E-state index is 13.0. The Bertz CT molecular complexity index is 1010. The highest BCUT2D eigenvalue weighted by atomic mass is 16.5. The number of amides is 3. The molecule has 1 aliphatic rings. The van der Waals surface area contributed by atoms with E-state index < -0.39 is 0 Å². The van der Waals surface area contributed by atoms with E-state index in [-0.39, 0.29) is 23.6 Å². The number of aryl methyl sites for hydroxylation is 1. The van der Waals surface area contributed by atoms with E-state index in [9.17, 15) is 14.4 Å². The summed E-state index contributed by atoms with van der Waals surface area (Å²) < 4.78 is 10.5. The van der Waals surface area contributed by atoms with Gasteiger partial charge >= 0.3 is 0 Å². The summed E-state index contributed by atoms with van der Waals surface area (Å²) in [5.74, 6) is 0.431. The van der Waals surface area contributed by atoms with Gasteiger partial charge in [-0.15, -0.1) is 0 Å². The summed E-state index contributed by atoms with van der Waals surface area (Å²) in [5.41, 5.74) is 2.46. The van der Waals surface area contributed by atoms with Crippen molar-refractivity contribution < 1.29 is 23.9 Å². The van der Waals surface area contributed by atoms with Crippen LogP contribution >= 0.6 is 0 Å². The number of benzene rings is 2. The van der Waals surface area contributed by atoms with Gasteiger partial charge in [0.2, 0.25) is 5.91 Å². The average Bonchev–Trinajstić information content (AvgIpc) is 2.83. The molecule has 2 aromatic rings. The minimum absolute atomic E-state index is 0.101. The van der Waals surface area contributed by atoms with Gasteiger partial charge in [0.25, 0.3) is 11.8 Å². The summed E-state index contributed by atoms with van der Waals surface area (Å²) in [6.45, 7) is 2.83. The number of hydrogen-bond acceptors (Lipinski definition) is 5. The van der Waals surface area contributed by atoms with Crippen LogP contribution in [-0.2, 0) is 4.79 Å². The van der Waals surface area contributed by atoms with Crippen molar-refractivity contribution in [2.24, 2.45) is 5.92 Å². The number of carbonyl (C=O) groups excluding carboxylic acids is 3. The number of rotatable bonds is 6. The zero-order valence-corrected chi connectivity index (χ0v) is 18.9. The lowest BCUT2D eigenvalue weighted by Crippen LogP contribution is -2.41. The van der Waals surface area contributed by atoms with Crippen LogP contribution < -0.4 is 20.1 Å². The van der Waals surface area contributed by atoms with Gasteiger partial charge in [-0.2, -0.15) is 0 Å². The Morgan fingerprint density at radius 2 is 1.72 bits per heavy atom. The maximum absolute atomic E-state index is 13.0. The third-order valence-corrected chi connectivity index (χ3v) is 5.78. The van der Waals surface area contributed by atoms with Crippen molar-refractivity contribution in [2.75, 3.05) is 39.7 Å². The first-order valence-electron chi connectivity index (χ1n) is 10.5. The molecule has 3 amide bonds. The quantitative estimate of drug-likeness (QED) is 0.722. The summed E-state index contributed by atoms with van der Waals surface area (Å²) in [5, 5.41) is 5.53. The van der Waals surface area contributed by atoms with Crippen molar-refractivity contribution in [1.29, 1.82) is 0 Å². The van der Waals surface area contributed by atoms with Gasteiger partial charge in [-0.25, -0.2) is 0 Å². The van der Waals surface area contributed by atoms with Crippen molar-refractivity contribution in [3.8, 4) is 11.5 Å². The van der Waals surface area contributed by atoms with E-state index in [1.807, 2.05) is 13.0 Å². The number of anilines is 1. The molecule has 2 N–H and O–H groups in total. The molecule has 1 fully saturated rings. The largest absolute Gasteiger partial charge is 0.497 e. The molecular formula is C24H29N3O5. The molecule has 0 spiro atoms. The van der Waals surface area contributed by atoms with Gasteiger partial charge in [0.15, 0.2) is 0 Å². The normalized spacial score (nSPS) is 13.9. The molecule has 0 aromatic heterocycles. The highest BCUT2D eigenvalue weighted by molar-refractivity contribution is 5.99. The van der Waals surface area contributed by atoms with E-state index in [1.54, 1.807) is 49.4 Å². The summed E-state index contributed by atoms with van der Waals surface area (Å²) in [7, 11) is 4.64. The highest BCUT2D eigenvalue weighted by Gasteiger charge is 2.29. The molecule has 170 valence electrons. The molecule has 0 radical (unpaired) electrons. The van der Waals surface area contributed by atoms with E-state index in [4.69, 9.17) is 9.47 Å². The van der Waals surface area contributed by atoms with Crippen LogP contribution in [0.15, 0.2) is 36.4 Å². The molecule has 2 aromatic carbocycles. The molecule has 0 bridgehead atoms. The number of likely N-dealkylation sites (tertiary alicyclic amines) is 1. The zero-order chi connectivity index (χ0) is 23.3. The molecule has 0 aliphatic carbocycles. The average molecular weight is 440 g/mol. The van der Waals surface area contributed by atoms with E-state index in [0.29, 0.717) is 54.2 Å². The Morgan fingerprint density at radius 1 is 1.00 bits per heavy atom. The van der Waals surface area contributed by atoms with Crippen LogP contribution in [0.5, 0.6) is 11.5 Å². The number of hydrogen-bond donors (Lipinski definition) is 2. The monoisotopic (exact) mass is 439 g/mol. The second kappa shape index (κ2) is 10.2. The van der Waals surface area contributed by atoms with E-state index in [2.05, 4.69) is 10.6 Å². The van der Waals surface area contributed by atoms with Gasteiger partial charge in [0.05, 0.1) is 19.8 Å². The van der Waals surface area contributed by atoms with Gasteiger partial charge in [-0.3, -0.25) is 14.4 Å². The first-order valence-corrected chi connectivity index (χ1v) is 10.5. The summed E-state index contributed by atoms with van der Waals surface area (Å²) in [6, 6.07) is 10.3. The number of nitrogens with zero attached hydrogens (tertiary/aromatic N) is 1. The maximum Gasteiger partial charge on any atom is 0.257 e. The summed E-state index contributed by atoms with van der Waals surface area (Å²) in [4.78, 5) is 39.5. The second-order valence-electron chi connectivity index (χ2n) is 7.73. The van der Waals surface area contributed by atoms with E-state index in [0.717, 1.165) is 5.56 Å². The SMILES string of the molecule is CNC(=O)c1ccc(C)c(NC(=O)C2CCN(C(=O)c3ccc(OC)cc3OC)CC2)c1. The molecule has 8 nitrogen and oxygen atoms in total. The summed E-state index contributed by atoms with van der Waals surface area (Å²) in [6.07, 6.45) is 1.12. The van der Waals surface area contributed by atoms with Crippen LogP contribution in [0.3, 0.4) is 0 Å². The summed E-state index contributed by atoms with van der Waals surface area (Å²) >= 11 is 0. The van der Waals surface area contributed by atoms with Gasteiger partial charge in [-0.1, -0.05) is 6.07 Å². The second-order valence-corrected chi connectivity index (χ2v) is 7.73. The minimum Gasteiger partial charge on any atom is -0.497 e. The molecule has 3 rings (SSSR count). The molecule has 1 aliphatic heterocycles. The van der Waals surface area contributed by atoms with Gasteiger partial charge in [0.1, 0.15) is 11.5 Å². The van der Waals surface area contributed by atoms with Crippen molar-refractivity contribution in [3.63, 3.8) is 0 Å². The molecule has 0 saturated carbocycles. The molecule has 32 heavy (non-hydrogen) atoms. The van der Waals surface area contributed by atoms with Crippen LogP contribution in [0, 0.1) is 12.8 Å². The number of ether oxygens (including phenoxy) is 2. The Labute approximate surface area is 187 Å². The lowest BCUT2D eigenvalue weighted by atomic mass is 9.95. The molecule has 0 unspecified atom stereocenters. The fourth-order valence-electron chi connectivity index (χ4n) is 3.77. The highest BCUT2D eigenvalue weighted by Crippen LogP contribution is 2.28. The number of nitrogens with one attached hydrogen (secondary N) is 2. The first-order chi connectivity index (χ1) is 15.4. The van der Waals surface area contributed by atoms with Gasteiger partial charge in [0, 0.05) is 43.4 Å². The molecule has 0 atom stereocenters. The smallest absolute Gasteiger partial charge is 0.257 e. The molecule has 8 heteroatoms. The molecule has 1 heterocycles. The Morgan fingerprint density at radius 3 is 2.34 bits per heavy atom. The van der Waals surface area contributed by atoms with Crippen LogP contribution in [0.4, 0.5) is 5.69 Å². The first kappa shape index (κ1) is 23.1. The van der Waals surface area contributed by atoms with E-state index in [1.165, 1.54) is 7.11 Å². The molecule has 1 saturated heterocycles. The van der Waals surface area contributed by atoms with Crippen molar-refractivity contribution in [3.05, 3.63) is 53.1 Å². The fourth-order valence-corrected chi connectivity index (χ4v) is 3.77. The number of carbonyl (C=O) groups is 3.